The highest BCUT2D eigenvalue weighted by molar-refractivity contribution is 9.13. The van der Waals surface area contributed by atoms with Gasteiger partial charge in [0, 0.05) is 20.4 Å². The van der Waals surface area contributed by atoms with Crippen molar-refractivity contribution in [2.45, 2.75) is 33.1 Å². The largest absolute Gasteiger partial charge is 0.492 e. The molecule has 0 saturated carbocycles. The fourth-order valence-corrected chi connectivity index (χ4v) is 4.39. The Morgan fingerprint density at radius 3 is 2.58 bits per heavy atom. The lowest BCUT2D eigenvalue weighted by molar-refractivity contribution is 0.309. The lowest BCUT2D eigenvalue weighted by atomic mass is 10.1. The number of aromatic nitrogens is 2. The summed E-state index contributed by atoms with van der Waals surface area (Å²) in [6.45, 7) is 6.48. The molecule has 31 heavy (non-hydrogen) atoms. The molecule has 0 fully saturated rings. The van der Waals surface area contributed by atoms with Gasteiger partial charge in [-0.05, 0) is 69.5 Å². The van der Waals surface area contributed by atoms with Crippen LogP contribution in [0.25, 0.3) is 10.9 Å². The molecule has 0 aliphatic heterocycles. The molecule has 6 nitrogen and oxygen atoms in total. The molecule has 0 bridgehead atoms. The maximum absolute atomic E-state index is 13.3. The van der Waals surface area contributed by atoms with E-state index in [-0.39, 0.29) is 11.5 Å². The molecule has 1 aromatic heterocycles. The summed E-state index contributed by atoms with van der Waals surface area (Å²) >= 11 is 10.5. The Bertz CT molecular complexity index is 1210. The van der Waals surface area contributed by atoms with Crippen molar-refractivity contribution >= 4 is 64.9 Å². The van der Waals surface area contributed by atoms with E-state index in [4.69, 9.17) is 14.5 Å². The molecule has 0 N–H and O–H groups in total. The van der Waals surface area contributed by atoms with Crippen LogP contribution in [0, 0.1) is 0 Å². The Morgan fingerprint density at radius 1 is 1.19 bits per heavy atom. The monoisotopic (exact) mass is 613 g/mol. The number of rotatable bonds is 7. The van der Waals surface area contributed by atoms with Gasteiger partial charge >= 0.3 is 0 Å². The van der Waals surface area contributed by atoms with E-state index in [9.17, 15) is 4.79 Å². The molecule has 1 heterocycles. The highest BCUT2D eigenvalue weighted by Crippen LogP contribution is 2.42. The van der Waals surface area contributed by atoms with Crippen LogP contribution in [-0.2, 0) is 0 Å². The Hall–Kier alpha value is -1.71. The fourth-order valence-electron chi connectivity index (χ4n) is 3.05. The fraction of sp³-hybridized carbons (Fsp3) is 0.318. The number of hydrogen-bond acceptors (Lipinski definition) is 5. The number of hydrogen-bond donors (Lipinski definition) is 0. The van der Waals surface area contributed by atoms with Crippen molar-refractivity contribution < 1.29 is 9.47 Å². The lowest BCUT2D eigenvalue weighted by Gasteiger charge is -2.15. The zero-order chi connectivity index (χ0) is 22.7. The maximum atomic E-state index is 13.3. The molecule has 0 aliphatic carbocycles. The third-order valence-corrected chi connectivity index (χ3v) is 7.49. The number of benzene rings is 2. The quantitative estimate of drug-likeness (QED) is 0.285. The van der Waals surface area contributed by atoms with Crippen LogP contribution >= 0.6 is 47.8 Å². The minimum atomic E-state index is -0.216. The van der Waals surface area contributed by atoms with Crippen LogP contribution < -0.4 is 15.0 Å². The normalized spacial score (nSPS) is 12.5. The van der Waals surface area contributed by atoms with Crippen molar-refractivity contribution in [1.29, 1.82) is 0 Å². The number of halogens is 3. The number of ether oxygens (including phenoxy) is 2. The highest BCUT2D eigenvalue weighted by atomic mass is 79.9. The first-order valence-corrected chi connectivity index (χ1v) is 12.2. The van der Waals surface area contributed by atoms with Crippen molar-refractivity contribution in [3.63, 3.8) is 0 Å². The second kappa shape index (κ2) is 10.3. The molecule has 0 spiro atoms. The number of nitrogens with zero attached hydrogens (tertiary/aromatic N) is 3. The third-order valence-electron chi connectivity index (χ3n) is 4.86. The SMILES string of the molecule is CCOc1cc(C=Nn2c([C@@H](C)CC)nc3ccc(Br)cc3c2=O)c(Br)c(Br)c1OC. The second-order valence-electron chi connectivity index (χ2n) is 6.86. The second-order valence-corrected chi connectivity index (χ2v) is 9.36. The smallest absolute Gasteiger partial charge is 0.282 e. The van der Waals surface area contributed by atoms with E-state index in [1.807, 2.05) is 32.0 Å². The van der Waals surface area contributed by atoms with Gasteiger partial charge in [-0.1, -0.05) is 29.8 Å². The molecule has 1 atom stereocenters. The third kappa shape index (κ3) is 4.88. The van der Waals surface area contributed by atoms with Gasteiger partial charge in [0.1, 0.15) is 5.82 Å². The molecule has 0 aliphatic rings. The summed E-state index contributed by atoms with van der Waals surface area (Å²) in [5.41, 5.74) is 1.17. The zero-order valence-electron chi connectivity index (χ0n) is 17.6. The van der Waals surface area contributed by atoms with Crippen molar-refractivity contribution in [2.75, 3.05) is 13.7 Å². The van der Waals surface area contributed by atoms with E-state index >= 15 is 0 Å². The molecule has 3 rings (SSSR count). The van der Waals surface area contributed by atoms with Crippen LogP contribution in [0.5, 0.6) is 11.5 Å². The van der Waals surface area contributed by atoms with Crippen molar-refractivity contribution in [3.8, 4) is 11.5 Å². The zero-order valence-corrected chi connectivity index (χ0v) is 22.3. The summed E-state index contributed by atoms with van der Waals surface area (Å²) in [7, 11) is 1.58. The van der Waals surface area contributed by atoms with Gasteiger partial charge in [-0.3, -0.25) is 4.79 Å². The summed E-state index contributed by atoms with van der Waals surface area (Å²) in [5.74, 6) is 1.84. The molecule has 0 saturated heterocycles. The van der Waals surface area contributed by atoms with E-state index in [1.54, 1.807) is 19.4 Å². The molecule has 0 unspecified atom stereocenters. The Balaban J connectivity index is 2.21. The molecule has 2 aromatic carbocycles. The summed E-state index contributed by atoms with van der Waals surface area (Å²) in [6, 6.07) is 7.31. The minimum Gasteiger partial charge on any atom is -0.492 e. The number of fused-ring (bicyclic) bond motifs is 1. The Morgan fingerprint density at radius 2 is 1.94 bits per heavy atom. The van der Waals surface area contributed by atoms with Gasteiger partial charge in [0.15, 0.2) is 11.5 Å². The van der Waals surface area contributed by atoms with Crippen molar-refractivity contribution in [1.82, 2.24) is 9.66 Å². The average Bonchev–Trinajstić information content (AvgIpc) is 2.76. The average molecular weight is 616 g/mol. The predicted octanol–water partition coefficient (Wildman–Crippen LogP) is 6.49. The Labute approximate surface area is 206 Å². The molecule has 0 amide bonds. The van der Waals surface area contributed by atoms with E-state index in [0.29, 0.717) is 39.3 Å². The number of methoxy groups -OCH3 is 1. The summed E-state index contributed by atoms with van der Waals surface area (Å²) in [6.07, 6.45) is 2.45. The van der Waals surface area contributed by atoms with Crippen LogP contribution in [0.4, 0.5) is 0 Å². The molecule has 164 valence electrons. The molecule has 0 radical (unpaired) electrons. The summed E-state index contributed by atoms with van der Waals surface area (Å²) in [5, 5.41) is 5.04. The summed E-state index contributed by atoms with van der Waals surface area (Å²) in [4.78, 5) is 18.0. The van der Waals surface area contributed by atoms with Crippen LogP contribution in [-0.4, -0.2) is 29.6 Å². The standard InChI is InChI=1S/C22H22Br3N3O3/c1-5-12(3)21-27-16-8-7-14(23)10-15(16)22(29)28(21)26-11-13-9-17(31-6-2)20(30-4)19(25)18(13)24/h7-12H,5-6H2,1-4H3/t12-/m0/s1. The first kappa shape index (κ1) is 23.9. The van der Waals surface area contributed by atoms with Gasteiger partial charge in [0.2, 0.25) is 0 Å². The predicted molar refractivity (Wildman–Crippen MR) is 135 cm³/mol. The van der Waals surface area contributed by atoms with Gasteiger partial charge in [0.25, 0.3) is 5.56 Å². The highest BCUT2D eigenvalue weighted by Gasteiger charge is 2.18. The van der Waals surface area contributed by atoms with Gasteiger partial charge in [-0.2, -0.15) is 9.78 Å². The van der Waals surface area contributed by atoms with Crippen LogP contribution in [0.2, 0.25) is 0 Å². The van der Waals surface area contributed by atoms with Crippen molar-refractivity contribution in [2.24, 2.45) is 5.10 Å². The lowest BCUT2D eigenvalue weighted by Crippen LogP contribution is -2.23. The summed E-state index contributed by atoms with van der Waals surface area (Å²) < 4.78 is 14.8. The Kier molecular flexibility index (Phi) is 7.93. The van der Waals surface area contributed by atoms with Gasteiger partial charge < -0.3 is 9.47 Å². The van der Waals surface area contributed by atoms with Crippen LogP contribution in [0.15, 0.2) is 47.6 Å². The first-order chi connectivity index (χ1) is 14.8. The van der Waals surface area contributed by atoms with Gasteiger partial charge in [0.05, 0.1) is 35.3 Å². The van der Waals surface area contributed by atoms with E-state index in [0.717, 1.165) is 20.9 Å². The molecule has 9 heteroatoms. The van der Waals surface area contributed by atoms with Crippen LogP contribution in [0.3, 0.4) is 0 Å². The first-order valence-electron chi connectivity index (χ1n) is 9.77. The van der Waals surface area contributed by atoms with Gasteiger partial charge in [-0.15, -0.1) is 0 Å². The van der Waals surface area contributed by atoms with Gasteiger partial charge in [-0.25, -0.2) is 4.98 Å². The minimum absolute atomic E-state index is 0.0583. The van der Waals surface area contributed by atoms with Crippen LogP contribution in [0.1, 0.15) is 44.5 Å². The molecular weight excluding hydrogens is 594 g/mol. The topological polar surface area (TPSA) is 65.7 Å². The van der Waals surface area contributed by atoms with Crippen molar-refractivity contribution in [3.05, 3.63) is 59.4 Å². The van der Waals surface area contributed by atoms with E-state index in [2.05, 4.69) is 59.8 Å². The van der Waals surface area contributed by atoms with E-state index in [1.165, 1.54) is 4.68 Å². The maximum Gasteiger partial charge on any atom is 0.282 e. The molecular formula is C22H22Br3N3O3. The molecule has 3 aromatic rings. The van der Waals surface area contributed by atoms with E-state index < -0.39 is 0 Å².